The summed E-state index contributed by atoms with van der Waals surface area (Å²) in [6.07, 6.45) is 1.30. The molecule has 1 aliphatic heterocycles. The number of carbonyl (C=O) groups excluding carboxylic acids is 1. The number of rotatable bonds is 4. The van der Waals surface area contributed by atoms with E-state index in [1.165, 1.54) is 0 Å². The SMILES string of the molecule is Cl.Cn1nc(CC(C)(C)C)cc1NC(=O)CC1COCCN1. The first-order valence-corrected chi connectivity index (χ1v) is 7.47. The molecule has 1 unspecified atom stereocenters. The lowest BCUT2D eigenvalue weighted by atomic mass is 9.91. The van der Waals surface area contributed by atoms with E-state index < -0.39 is 0 Å². The molecule has 0 radical (unpaired) electrons. The van der Waals surface area contributed by atoms with Gasteiger partial charge >= 0.3 is 0 Å². The van der Waals surface area contributed by atoms with E-state index in [1.54, 1.807) is 4.68 Å². The number of carbonyl (C=O) groups is 1. The molecule has 1 aromatic heterocycles. The summed E-state index contributed by atoms with van der Waals surface area (Å²) in [6.45, 7) is 8.64. The molecule has 1 atom stereocenters. The van der Waals surface area contributed by atoms with Gasteiger partial charge in [-0.1, -0.05) is 20.8 Å². The molecule has 0 aliphatic carbocycles. The normalized spacial score (nSPS) is 18.6. The molecule has 0 aromatic carbocycles. The molecule has 1 saturated heterocycles. The standard InChI is InChI=1S/C15H26N4O2.ClH/c1-15(2,3)9-11-7-13(19(4)18-11)17-14(20)8-12-10-21-6-5-16-12;/h7,12,16H,5-6,8-10H2,1-4H3,(H,17,20);1H. The number of anilines is 1. The summed E-state index contributed by atoms with van der Waals surface area (Å²) in [5, 5.41) is 10.7. The lowest BCUT2D eigenvalue weighted by Gasteiger charge is -2.23. The molecule has 0 saturated carbocycles. The van der Waals surface area contributed by atoms with Gasteiger partial charge in [-0.25, -0.2) is 0 Å². The molecular weight excluding hydrogens is 304 g/mol. The Balaban J connectivity index is 0.00000242. The van der Waals surface area contributed by atoms with Crippen LogP contribution in [0.25, 0.3) is 0 Å². The van der Waals surface area contributed by atoms with E-state index in [-0.39, 0.29) is 29.8 Å². The van der Waals surface area contributed by atoms with Crippen LogP contribution >= 0.6 is 12.4 Å². The van der Waals surface area contributed by atoms with Gasteiger partial charge in [0, 0.05) is 32.1 Å². The Labute approximate surface area is 138 Å². The van der Waals surface area contributed by atoms with E-state index in [1.807, 2.05) is 13.1 Å². The minimum Gasteiger partial charge on any atom is -0.378 e. The van der Waals surface area contributed by atoms with Crippen molar-refractivity contribution in [2.75, 3.05) is 25.1 Å². The highest BCUT2D eigenvalue weighted by Crippen LogP contribution is 2.21. The molecule has 7 heteroatoms. The fourth-order valence-corrected chi connectivity index (χ4v) is 2.44. The van der Waals surface area contributed by atoms with Gasteiger partial charge in [0.2, 0.25) is 5.91 Å². The maximum atomic E-state index is 12.1. The average Bonchev–Trinajstić information content (AvgIpc) is 2.68. The van der Waals surface area contributed by atoms with Crippen LogP contribution in [0, 0.1) is 5.41 Å². The van der Waals surface area contributed by atoms with E-state index in [9.17, 15) is 4.79 Å². The van der Waals surface area contributed by atoms with Gasteiger partial charge in [-0.15, -0.1) is 12.4 Å². The number of aromatic nitrogens is 2. The van der Waals surface area contributed by atoms with Gasteiger partial charge in [-0.2, -0.15) is 5.10 Å². The highest BCUT2D eigenvalue weighted by Gasteiger charge is 2.19. The molecule has 2 N–H and O–H groups in total. The zero-order valence-electron chi connectivity index (χ0n) is 13.8. The van der Waals surface area contributed by atoms with Crippen molar-refractivity contribution in [2.24, 2.45) is 12.5 Å². The molecular formula is C15H27ClN4O2. The monoisotopic (exact) mass is 330 g/mol. The van der Waals surface area contributed by atoms with Crippen LogP contribution in [-0.2, 0) is 23.0 Å². The highest BCUT2D eigenvalue weighted by atomic mass is 35.5. The van der Waals surface area contributed by atoms with Gasteiger partial charge < -0.3 is 15.4 Å². The van der Waals surface area contributed by atoms with Crippen molar-refractivity contribution in [1.29, 1.82) is 0 Å². The first kappa shape index (κ1) is 18.9. The Hall–Kier alpha value is -1.11. The quantitative estimate of drug-likeness (QED) is 0.882. The fraction of sp³-hybridized carbons (Fsp3) is 0.733. The van der Waals surface area contributed by atoms with Gasteiger partial charge in [0.25, 0.3) is 0 Å². The molecule has 0 bridgehead atoms. The van der Waals surface area contributed by atoms with Crippen molar-refractivity contribution < 1.29 is 9.53 Å². The summed E-state index contributed by atoms with van der Waals surface area (Å²) in [5.41, 5.74) is 1.18. The zero-order valence-corrected chi connectivity index (χ0v) is 14.6. The summed E-state index contributed by atoms with van der Waals surface area (Å²) in [5.74, 6) is 0.735. The third-order valence-corrected chi connectivity index (χ3v) is 3.34. The van der Waals surface area contributed by atoms with Crippen molar-refractivity contribution in [3.63, 3.8) is 0 Å². The number of nitrogens with zero attached hydrogens (tertiary/aromatic N) is 2. The summed E-state index contributed by atoms with van der Waals surface area (Å²) in [7, 11) is 1.85. The number of halogens is 1. The second-order valence-electron chi connectivity index (χ2n) is 6.86. The van der Waals surface area contributed by atoms with Crippen molar-refractivity contribution >= 4 is 24.1 Å². The van der Waals surface area contributed by atoms with E-state index in [4.69, 9.17) is 4.74 Å². The van der Waals surface area contributed by atoms with Gasteiger partial charge in [-0.3, -0.25) is 9.48 Å². The van der Waals surface area contributed by atoms with Crippen molar-refractivity contribution in [2.45, 2.75) is 39.7 Å². The Bertz CT molecular complexity index is 490. The van der Waals surface area contributed by atoms with Crippen LogP contribution in [0.15, 0.2) is 6.07 Å². The Morgan fingerprint density at radius 3 is 2.86 bits per heavy atom. The van der Waals surface area contributed by atoms with E-state index in [0.717, 1.165) is 31.1 Å². The third-order valence-electron chi connectivity index (χ3n) is 3.34. The van der Waals surface area contributed by atoms with Crippen LogP contribution in [-0.4, -0.2) is 41.5 Å². The van der Waals surface area contributed by atoms with Gasteiger partial charge in [0.05, 0.1) is 18.9 Å². The Morgan fingerprint density at radius 2 is 2.27 bits per heavy atom. The molecule has 1 aromatic rings. The second-order valence-corrected chi connectivity index (χ2v) is 6.86. The maximum absolute atomic E-state index is 12.1. The van der Waals surface area contributed by atoms with Crippen molar-refractivity contribution in [3.8, 4) is 0 Å². The summed E-state index contributed by atoms with van der Waals surface area (Å²) in [6, 6.07) is 2.05. The predicted octanol–water partition coefficient (Wildman–Crippen LogP) is 1.75. The van der Waals surface area contributed by atoms with Crippen LogP contribution in [0.4, 0.5) is 5.82 Å². The maximum Gasteiger partial charge on any atom is 0.227 e. The molecule has 1 aliphatic rings. The highest BCUT2D eigenvalue weighted by molar-refractivity contribution is 5.90. The minimum atomic E-state index is -0.0108. The number of ether oxygens (including phenoxy) is 1. The van der Waals surface area contributed by atoms with Crippen LogP contribution in [0.3, 0.4) is 0 Å². The first-order valence-electron chi connectivity index (χ1n) is 7.47. The third kappa shape index (κ3) is 5.94. The molecule has 2 heterocycles. The Kier molecular flexibility index (Phi) is 6.84. The second kappa shape index (κ2) is 7.94. The molecule has 1 amide bonds. The van der Waals surface area contributed by atoms with E-state index >= 15 is 0 Å². The van der Waals surface area contributed by atoms with Crippen molar-refractivity contribution in [3.05, 3.63) is 11.8 Å². The van der Waals surface area contributed by atoms with Gasteiger partial charge in [0.1, 0.15) is 5.82 Å². The number of aryl methyl sites for hydroxylation is 1. The largest absolute Gasteiger partial charge is 0.378 e. The molecule has 1 fully saturated rings. The zero-order chi connectivity index (χ0) is 15.5. The summed E-state index contributed by atoms with van der Waals surface area (Å²) in [4.78, 5) is 12.1. The fourth-order valence-electron chi connectivity index (χ4n) is 2.44. The molecule has 2 rings (SSSR count). The Morgan fingerprint density at radius 1 is 1.55 bits per heavy atom. The lowest BCUT2D eigenvalue weighted by molar-refractivity contribution is -0.117. The minimum absolute atomic E-state index is 0. The molecule has 126 valence electrons. The topological polar surface area (TPSA) is 68.2 Å². The number of morpholine rings is 1. The first-order chi connectivity index (χ1) is 9.83. The number of nitrogens with one attached hydrogen (secondary N) is 2. The summed E-state index contributed by atoms with van der Waals surface area (Å²) < 4.78 is 7.08. The number of amides is 1. The number of hydrogen-bond acceptors (Lipinski definition) is 4. The molecule has 0 spiro atoms. The van der Waals surface area contributed by atoms with Gasteiger partial charge in [0.15, 0.2) is 0 Å². The van der Waals surface area contributed by atoms with Crippen LogP contribution in [0.2, 0.25) is 0 Å². The van der Waals surface area contributed by atoms with E-state index in [0.29, 0.717) is 13.0 Å². The van der Waals surface area contributed by atoms with Crippen LogP contribution < -0.4 is 10.6 Å². The van der Waals surface area contributed by atoms with Crippen LogP contribution in [0.1, 0.15) is 32.9 Å². The van der Waals surface area contributed by atoms with E-state index in [2.05, 4.69) is 36.5 Å². The van der Waals surface area contributed by atoms with Gasteiger partial charge in [-0.05, 0) is 11.8 Å². The smallest absolute Gasteiger partial charge is 0.227 e. The summed E-state index contributed by atoms with van der Waals surface area (Å²) >= 11 is 0. The van der Waals surface area contributed by atoms with Crippen molar-refractivity contribution in [1.82, 2.24) is 15.1 Å². The number of hydrogen-bond donors (Lipinski definition) is 2. The average molecular weight is 331 g/mol. The lowest BCUT2D eigenvalue weighted by Crippen LogP contribution is -2.43. The predicted molar refractivity (Wildman–Crippen MR) is 89.5 cm³/mol. The molecule has 6 nitrogen and oxygen atoms in total. The molecule has 22 heavy (non-hydrogen) atoms. The van der Waals surface area contributed by atoms with Crippen LogP contribution in [0.5, 0.6) is 0 Å².